The van der Waals surface area contributed by atoms with Crippen LogP contribution < -0.4 is 10.6 Å². The lowest BCUT2D eigenvalue weighted by Crippen LogP contribution is -2.50. The Hall–Kier alpha value is -0.930. The van der Waals surface area contributed by atoms with E-state index < -0.39 is 0 Å². The molecule has 0 spiro atoms. The molecule has 1 saturated heterocycles. The van der Waals surface area contributed by atoms with E-state index in [2.05, 4.69) is 21.7 Å². The highest BCUT2D eigenvalue weighted by Crippen LogP contribution is 2.30. The lowest BCUT2D eigenvalue weighted by molar-refractivity contribution is 0.181. The normalized spacial score (nSPS) is 31.1. The molecule has 2 aliphatic rings. The third kappa shape index (κ3) is 3.58. The van der Waals surface area contributed by atoms with Gasteiger partial charge in [0.15, 0.2) is 0 Å². The van der Waals surface area contributed by atoms with Crippen LogP contribution in [-0.4, -0.2) is 23.6 Å². The summed E-state index contributed by atoms with van der Waals surface area (Å²) in [6.45, 7) is 2.18. The van der Waals surface area contributed by atoms with Crippen molar-refractivity contribution in [1.29, 1.82) is 0 Å². The van der Waals surface area contributed by atoms with Crippen LogP contribution >= 0.6 is 0 Å². The Labute approximate surface area is 122 Å². The van der Waals surface area contributed by atoms with E-state index >= 15 is 0 Å². The van der Waals surface area contributed by atoms with E-state index in [1.54, 1.807) is 0 Å². The lowest BCUT2D eigenvalue weighted by atomic mass is 9.77. The van der Waals surface area contributed by atoms with Gasteiger partial charge in [-0.2, -0.15) is 0 Å². The second-order valence-corrected chi connectivity index (χ2v) is 6.35. The first-order valence-electron chi connectivity index (χ1n) is 8.29. The molecule has 1 aromatic rings. The van der Waals surface area contributed by atoms with Crippen molar-refractivity contribution in [2.45, 2.75) is 63.6 Å². The molecule has 2 fully saturated rings. The highest BCUT2D eigenvalue weighted by Gasteiger charge is 2.31. The second-order valence-electron chi connectivity index (χ2n) is 6.35. The molecule has 3 atom stereocenters. The summed E-state index contributed by atoms with van der Waals surface area (Å²) >= 11 is 0. The minimum Gasteiger partial charge on any atom is -0.314 e. The third-order valence-electron chi connectivity index (χ3n) is 4.98. The molecule has 0 radical (unpaired) electrons. The minimum atomic E-state index is 0.680. The molecule has 3 unspecified atom stereocenters. The number of piperidine rings is 1. The molecule has 0 bridgehead atoms. The quantitative estimate of drug-likeness (QED) is 0.885. The SMILES string of the molecule is c1cncc(CNC2CCCCC2C2CCCCN2)c1. The molecule has 1 aliphatic heterocycles. The Kier molecular flexibility index (Phi) is 5.04. The number of nitrogens with zero attached hydrogens (tertiary/aromatic N) is 1. The molecule has 3 nitrogen and oxygen atoms in total. The van der Waals surface area contributed by atoms with Gasteiger partial charge in [0, 0.05) is 31.0 Å². The molecule has 2 heterocycles. The molecule has 1 saturated carbocycles. The predicted molar refractivity (Wildman–Crippen MR) is 82.5 cm³/mol. The van der Waals surface area contributed by atoms with E-state index in [1.807, 2.05) is 18.5 Å². The smallest absolute Gasteiger partial charge is 0.0312 e. The van der Waals surface area contributed by atoms with E-state index in [4.69, 9.17) is 0 Å². The van der Waals surface area contributed by atoms with Gasteiger partial charge in [0.25, 0.3) is 0 Å². The van der Waals surface area contributed by atoms with Crippen molar-refractivity contribution in [1.82, 2.24) is 15.6 Å². The van der Waals surface area contributed by atoms with E-state index in [0.717, 1.165) is 18.5 Å². The molecule has 3 rings (SSSR count). The van der Waals surface area contributed by atoms with Gasteiger partial charge in [-0.25, -0.2) is 0 Å². The summed E-state index contributed by atoms with van der Waals surface area (Å²) in [5.41, 5.74) is 1.30. The van der Waals surface area contributed by atoms with Gasteiger partial charge >= 0.3 is 0 Å². The van der Waals surface area contributed by atoms with Gasteiger partial charge < -0.3 is 10.6 Å². The van der Waals surface area contributed by atoms with Crippen molar-refractivity contribution in [3.05, 3.63) is 30.1 Å². The maximum Gasteiger partial charge on any atom is 0.0312 e. The Bertz CT molecular complexity index is 386. The number of nitrogens with one attached hydrogen (secondary N) is 2. The van der Waals surface area contributed by atoms with Gasteiger partial charge in [0.05, 0.1) is 0 Å². The van der Waals surface area contributed by atoms with E-state index in [9.17, 15) is 0 Å². The third-order valence-corrected chi connectivity index (χ3v) is 4.98. The first-order chi connectivity index (χ1) is 9.93. The van der Waals surface area contributed by atoms with Crippen LogP contribution in [0.15, 0.2) is 24.5 Å². The standard InChI is InChI=1S/C17H27N3/c1-2-8-17(20-13-14-6-5-10-18-12-14)15(7-1)16-9-3-4-11-19-16/h5-6,10,12,15-17,19-20H,1-4,7-9,11,13H2. The second kappa shape index (κ2) is 7.19. The highest BCUT2D eigenvalue weighted by atomic mass is 15.0. The first kappa shape index (κ1) is 14.0. The fourth-order valence-electron chi connectivity index (χ4n) is 3.89. The summed E-state index contributed by atoms with van der Waals surface area (Å²) in [6, 6.07) is 5.62. The first-order valence-corrected chi connectivity index (χ1v) is 8.29. The highest BCUT2D eigenvalue weighted by molar-refractivity contribution is 5.08. The maximum atomic E-state index is 4.20. The van der Waals surface area contributed by atoms with Crippen LogP contribution in [0, 0.1) is 5.92 Å². The Morgan fingerprint density at radius 1 is 1.15 bits per heavy atom. The number of aromatic nitrogens is 1. The van der Waals surface area contributed by atoms with E-state index in [0.29, 0.717) is 6.04 Å². The Balaban J connectivity index is 1.57. The van der Waals surface area contributed by atoms with Crippen LogP contribution in [0.1, 0.15) is 50.5 Å². The summed E-state index contributed by atoms with van der Waals surface area (Å²) in [5.74, 6) is 0.820. The van der Waals surface area contributed by atoms with Gasteiger partial charge in [-0.05, 0) is 49.8 Å². The summed E-state index contributed by atoms with van der Waals surface area (Å²) in [5, 5.41) is 7.57. The van der Waals surface area contributed by atoms with Crippen molar-refractivity contribution >= 4 is 0 Å². The van der Waals surface area contributed by atoms with Crippen molar-refractivity contribution in [3.8, 4) is 0 Å². The Morgan fingerprint density at radius 3 is 2.85 bits per heavy atom. The maximum absolute atomic E-state index is 4.20. The monoisotopic (exact) mass is 273 g/mol. The molecule has 2 N–H and O–H groups in total. The fraction of sp³-hybridized carbons (Fsp3) is 0.706. The van der Waals surface area contributed by atoms with Gasteiger partial charge in [-0.1, -0.05) is 25.3 Å². The van der Waals surface area contributed by atoms with Crippen molar-refractivity contribution < 1.29 is 0 Å². The molecule has 110 valence electrons. The summed E-state index contributed by atoms with van der Waals surface area (Å²) in [4.78, 5) is 4.20. The van der Waals surface area contributed by atoms with Gasteiger partial charge in [0.2, 0.25) is 0 Å². The van der Waals surface area contributed by atoms with Crippen LogP contribution in [0.2, 0.25) is 0 Å². The van der Waals surface area contributed by atoms with Gasteiger partial charge in [-0.15, -0.1) is 0 Å². The molecule has 1 aromatic heterocycles. The van der Waals surface area contributed by atoms with E-state index in [1.165, 1.54) is 57.1 Å². The average Bonchev–Trinajstić information content (AvgIpc) is 2.55. The molecule has 0 aromatic carbocycles. The van der Waals surface area contributed by atoms with Crippen molar-refractivity contribution in [2.75, 3.05) is 6.54 Å². The van der Waals surface area contributed by atoms with Gasteiger partial charge in [-0.3, -0.25) is 4.98 Å². The largest absolute Gasteiger partial charge is 0.314 e. The summed E-state index contributed by atoms with van der Waals surface area (Å²) < 4.78 is 0. The zero-order valence-electron chi connectivity index (χ0n) is 12.4. The van der Waals surface area contributed by atoms with Crippen LogP contribution in [0.4, 0.5) is 0 Å². The van der Waals surface area contributed by atoms with Crippen LogP contribution in [-0.2, 0) is 6.54 Å². The van der Waals surface area contributed by atoms with Gasteiger partial charge in [0.1, 0.15) is 0 Å². The van der Waals surface area contributed by atoms with Crippen LogP contribution in [0.3, 0.4) is 0 Å². The number of rotatable bonds is 4. The minimum absolute atomic E-state index is 0.680. The Morgan fingerprint density at radius 2 is 2.05 bits per heavy atom. The zero-order chi connectivity index (χ0) is 13.6. The molecular formula is C17H27N3. The molecule has 0 amide bonds. The van der Waals surface area contributed by atoms with E-state index in [-0.39, 0.29) is 0 Å². The van der Waals surface area contributed by atoms with Crippen LogP contribution in [0.25, 0.3) is 0 Å². The number of pyridine rings is 1. The summed E-state index contributed by atoms with van der Waals surface area (Å²) in [7, 11) is 0. The zero-order valence-corrected chi connectivity index (χ0v) is 12.4. The van der Waals surface area contributed by atoms with Crippen molar-refractivity contribution in [3.63, 3.8) is 0 Å². The van der Waals surface area contributed by atoms with Crippen molar-refractivity contribution in [2.24, 2.45) is 5.92 Å². The topological polar surface area (TPSA) is 37.0 Å². The number of hydrogen-bond donors (Lipinski definition) is 2. The molecule has 20 heavy (non-hydrogen) atoms. The molecular weight excluding hydrogens is 246 g/mol. The lowest BCUT2D eigenvalue weighted by Gasteiger charge is -2.40. The average molecular weight is 273 g/mol. The fourth-order valence-corrected chi connectivity index (χ4v) is 3.89. The molecule has 1 aliphatic carbocycles. The summed E-state index contributed by atoms with van der Waals surface area (Å²) in [6.07, 6.45) is 13.5. The molecule has 3 heteroatoms. The van der Waals surface area contributed by atoms with Crippen LogP contribution in [0.5, 0.6) is 0 Å². The predicted octanol–water partition coefficient (Wildman–Crippen LogP) is 2.87. The number of hydrogen-bond acceptors (Lipinski definition) is 3.